The zero-order chi connectivity index (χ0) is 11.0. The van der Waals surface area contributed by atoms with Crippen molar-refractivity contribution in [2.45, 2.75) is 31.5 Å². The van der Waals surface area contributed by atoms with Crippen LogP contribution in [0.3, 0.4) is 0 Å². The van der Waals surface area contributed by atoms with Crippen molar-refractivity contribution in [3.05, 3.63) is 0 Å². The average molecular weight is 240 g/mol. The lowest BCUT2D eigenvalue weighted by molar-refractivity contribution is -0.159. The number of esters is 2. The molecule has 4 rings (SSSR count). The molecule has 4 aliphatic rings. The molecule has 0 aromatic heterocycles. The molecular formula is C11H12O4S. The van der Waals surface area contributed by atoms with Crippen LogP contribution in [0, 0.1) is 10.8 Å². The van der Waals surface area contributed by atoms with E-state index in [1.54, 1.807) is 11.8 Å². The van der Waals surface area contributed by atoms with E-state index in [-0.39, 0.29) is 24.1 Å². The van der Waals surface area contributed by atoms with Gasteiger partial charge in [0.25, 0.3) is 0 Å². The van der Waals surface area contributed by atoms with E-state index >= 15 is 0 Å². The number of rotatable bonds is 0. The standard InChI is InChI=1S/C11H12O4S/c12-8-10-3-4-16-5-11(10,9(13)15-8)7-2-1-6(10)14-7/h6-7H,1-5H2. The molecule has 0 N–H and O–H groups in total. The average Bonchev–Trinajstić information content (AvgIpc) is 2.92. The first kappa shape index (κ1) is 9.48. The summed E-state index contributed by atoms with van der Waals surface area (Å²) in [6.45, 7) is 0. The van der Waals surface area contributed by atoms with Gasteiger partial charge in [0.15, 0.2) is 0 Å². The second-order valence-electron chi connectivity index (χ2n) is 5.11. The van der Waals surface area contributed by atoms with Crippen LogP contribution < -0.4 is 0 Å². The summed E-state index contributed by atoms with van der Waals surface area (Å²) in [6, 6.07) is 0. The maximum absolute atomic E-state index is 12.1. The van der Waals surface area contributed by atoms with E-state index in [1.807, 2.05) is 0 Å². The van der Waals surface area contributed by atoms with E-state index in [9.17, 15) is 9.59 Å². The van der Waals surface area contributed by atoms with Gasteiger partial charge in [-0.15, -0.1) is 0 Å². The SMILES string of the molecule is O=C1OC(=O)C23CSCCC12C1CCC3O1. The minimum Gasteiger partial charge on any atom is -0.392 e. The fourth-order valence-corrected chi connectivity index (χ4v) is 5.56. The minimum absolute atomic E-state index is 0.0719. The molecule has 5 heteroatoms. The lowest BCUT2D eigenvalue weighted by Crippen LogP contribution is -2.56. The number of carbonyl (C=O) groups excluding carboxylic acids is 2. The molecule has 4 fully saturated rings. The van der Waals surface area contributed by atoms with Crippen LogP contribution in [0.25, 0.3) is 0 Å². The Hall–Kier alpha value is -0.550. The third kappa shape index (κ3) is 0.703. The Kier molecular flexibility index (Phi) is 1.57. The Morgan fingerprint density at radius 2 is 1.81 bits per heavy atom. The molecule has 0 saturated carbocycles. The van der Waals surface area contributed by atoms with Gasteiger partial charge in [-0.05, 0) is 25.0 Å². The van der Waals surface area contributed by atoms with Crippen LogP contribution in [0.4, 0.5) is 0 Å². The van der Waals surface area contributed by atoms with Crippen LogP contribution in [-0.2, 0) is 19.1 Å². The highest BCUT2D eigenvalue weighted by Crippen LogP contribution is 2.68. The fourth-order valence-electron chi connectivity index (χ4n) is 4.06. The van der Waals surface area contributed by atoms with Crippen molar-refractivity contribution in [1.29, 1.82) is 0 Å². The van der Waals surface area contributed by atoms with Crippen molar-refractivity contribution in [3.63, 3.8) is 0 Å². The van der Waals surface area contributed by atoms with E-state index in [4.69, 9.17) is 9.47 Å². The van der Waals surface area contributed by atoms with Gasteiger partial charge in [0.05, 0.1) is 12.2 Å². The predicted molar refractivity (Wildman–Crippen MR) is 55.8 cm³/mol. The summed E-state index contributed by atoms with van der Waals surface area (Å²) in [4.78, 5) is 24.1. The van der Waals surface area contributed by atoms with Crippen molar-refractivity contribution in [2.75, 3.05) is 11.5 Å². The molecular weight excluding hydrogens is 228 g/mol. The lowest BCUT2D eigenvalue weighted by atomic mass is 9.56. The van der Waals surface area contributed by atoms with Crippen molar-refractivity contribution >= 4 is 23.7 Å². The molecule has 4 saturated heterocycles. The molecule has 4 nitrogen and oxygen atoms in total. The lowest BCUT2D eigenvalue weighted by Gasteiger charge is -2.43. The van der Waals surface area contributed by atoms with Crippen molar-refractivity contribution < 1.29 is 19.1 Å². The number of ether oxygens (including phenoxy) is 2. The normalized spacial score (nSPS) is 53.8. The van der Waals surface area contributed by atoms with Gasteiger partial charge in [-0.25, -0.2) is 0 Å². The largest absolute Gasteiger partial charge is 0.392 e. The van der Waals surface area contributed by atoms with E-state index in [2.05, 4.69) is 0 Å². The van der Waals surface area contributed by atoms with Crippen LogP contribution in [0.15, 0.2) is 0 Å². The molecule has 0 amide bonds. The summed E-state index contributed by atoms with van der Waals surface area (Å²) >= 11 is 1.75. The monoisotopic (exact) mass is 240 g/mol. The maximum Gasteiger partial charge on any atom is 0.324 e. The molecule has 0 spiro atoms. The van der Waals surface area contributed by atoms with Crippen LogP contribution in [0.1, 0.15) is 19.3 Å². The predicted octanol–water partition coefficient (Wildman–Crippen LogP) is 0.741. The van der Waals surface area contributed by atoms with E-state index in [0.717, 1.165) is 25.0 Å². The number of carbonyl (C=O) groups is 2. The van der Waals surface area contributed by atoms with E-state index in [1.165, 1.54) is 0 Å². The van der Waals surface area contributed by atoms with Gasteiger partial charge in [-0.2, -0.15) is 11.8 Å². The second-order valence-corrected chi connectivity index (χ2v) is 6.22. The molecule has 4 unspecified atom stereocenters. The van der Waals surface area contributed by atoms with Crippen molar-refractivity contribution in [3.8, 4) is 0 Å². The summed E-state index contributed by atoms with van der Waals surface area (Å²) in [7, 11) is 0. The van der Waals surface area contributed by atoms with Gasteiger partial charge >= 0.3 is 11.9 Å². The Morgan fingerprint density at radius 3 is 2.56 bits per heavy atom. The smallest absolute Gasteiger partial charge is 0.324 e. The number of cyclic esters (lactones) is 2. The molecule has 4 aliphatic heterocycles. The summed E-state index contributed by atoms with van der Waals surface area (Å²) < 4.78 is 10.8. The number of hydrogen-bond donors (Lipinski definition) is 0. The van der Waals surface area contributed by atoms with E-state index < -0.39 is 10.8 Å². The minimum atomic E-state index is -0.643. The van der Waals surface area contributed by atoms with Crippen LogP contribution in [0.2, 0.25) is 0 Å². The Labute approximate surface area is 97.0 Å². The molecule has 4 atom stereocenters. The Morgan fingerprint density at radius 1 is 1.12 bits per heavy atom. The molecule has 4 heterocycles. The molecule has 0 aromatic carbocycles. The van der Waals surface area contributed by atoms with Gasteiger partial charge < -0.3 is 9.47 Å². The van der Waals surface area contributed by atoms with Gasteiger partial charge in [0.2, 0.25) is 0 Å². The van der Waals surface area contributed by atoms with Crippen LogP contribution in [-0.4, -0.2) is 35.7 Å². The Bertz CT molecular complexity index is 373. The summed E-state index contributed by atoms with van der Waals surface area (Å²) in [6.07, 6.45) is 2.39. The molecule has 16 heavy (non-hydrogen) atoms. The molecule has 0 aromatic rings. The highest BCUT2D eigenvalue weighted by molar-refractivity contribution is 7.99. The van der Waals surface area contributed by atoms with Crippen LogP contribution in [0.5, 0.6) is 0 Å². The fraction of sp³-hybridized carbons (Fsp3) is 0.818. The van der Waals surface area contributed by atoms with Gasteiger partial charge in [-0.3, -0.25) is 9.59 Å². The summed E-state index contributed by atoms with van der Waals surface area (Å²) in [5.74, 6) is 0.983. The van der Waals surface area contributed by atoms with Crippen molar-refractivity contribution in [2.24, 2.45) is 10.8 Å². The number of fused-ring (bicyclic) bond motifs is 2. The first-order valence-corrected chi connectivity index (χ1v) is 6.87. The Balaban J connectivity index is 1.97. The molecule has 86 valence electrons. The van der Waals surface area contributed by atoms with E-state index in [0.29, 0.717) is 5.75 Å². The summed E-state index contributed by atoms with van der Waals surface area (Å²) in [5.41, 5.74) is -1.27. The first-order valence-electron chi connectivity index (χ1n) is 5.72. The zero-order valence-corrected chi connectivity index (χ0v) is 9.55. The third-order valence-corrected chi connectivity index (χ3v) is 5.95. The van der Waals surface area contributed by atoms with Gasteiger partial charge in [0, 0.05) is 5.75 Å². The second kappa shape index (κ2) is 2.64. The highest BCUT2D eigenvalue weighted by Gasteiger charge is 2.81. The molecule has 0 radical (unpaired) electrons. The van der Waals surface area contributed by atoms with Gasteiger partial charge in [0.1, 0.15) is 10.8 Å². The molecule has 2 bridgehead atoms. The highest BCUT2D eigenvalue weighted by atomic mass is 32.2. The van der Waals surface area contributed by atoms with Gasteiger partial charge in [-0.1, -0.05) is 0 Å². The third-order valence-electron chi connectivity index (χ3n) is 4.80. The number of thioether (sulfide) groups is 1. The molecule has 0 aliphatic carbocycles. The number of hydrogen-bond acceptors (Lipinski definition) is 5. The summed E-state index contributed by atoms with van der Waals surface area (Å²) in [5, 5.41) is 0. The quantitative estimate of drug-likeness (QED) is 0.462. The maximum atomic E-state index is 12.1. The van der Waals surface area contributed by atoms with Crippen LogP contribution >= 0.6 is 11.8 Å². The zero-order valence-electron chi connectivity index (χ0n) is 8.73. The topological polar surface area (TPSA) is 52.6 Å². The first-order chi connectivity index (χ1) is 7.72. The van der Waals surface area contributed by atoms with Crippen molar-refractivity contribution in [1.82, 2.24) is 0 Å².